The summed E-state index contributed by atoms with van der Waals surface area (Å²) in [5, 5.41) is 13.2. The molecule has 1 aromatic carbocycles. The standard InChI is InChI=1S/C13H13F2N5O2S/c14-10-2-1-8(5-11(10)15)17-12-6-16-20-13(19-12)18-9-3-4-23(21,22)7-9/h1-2,5-6,9H,3-4,7H2,(H2,17,18,19,20). The zero-order chi connectivity index (χ0) is 16.4. The molecule has 0 spiro atoms. The minimum Gasteiger partial charge on any atom is -0.349 e. The van der Waals surface area contributed by atoms with Crippen LogP contribution in [0.25, 0.3) is 0 Å². The normalized spacial score (nSPS) is 19.5. The predicted molar refractivity (Wildman–Crippen MR) is 80.1 cm³/mol. The molecule has 2 aromatic rings. The van der Waals surface area contributed by atoms with Gasteiger partial charge in [-0.1, -0.05) is 0 Å². The van der Waals surface area contributed by atoms with E-state index < -0.39 is 21.5 Å². The third-order valence-electron chi connectivity index (χ3n) is 3.32. The first kappa shape index (κ1) is 15.5. The molecule has 1 aromatic heterocycles. The van der Waals surface area contributed by atoms with Gasteiger partial charge in [-0.15, -0.1) is 5.10 Å². The van der Waals surface area contributed by atoms with Gasteiger partial charge in [-0.25, -0.2) is 17.2 Å². The Kier molecular flexibility index (Phi) is 4.07. The van der Waals surface area contributed by atoms with Gasteiger partial charge < -0.3 is 10.6 Å². The van der Waals surface area contributed by atoms with E-state index in [1.807, 2.05) is 0 Å². The molecule has 1 aliphatic heterocycles. The van der Waals surface area contributed by atoms with Crippen molar-refractivity contribution < 1.29 is 17.2 Å². The Hall–Kier alpha value is -2.36. The smallest absolute Gasteiger partial charge is 0.244 e. The molecule has 0 radical (unpaired) electrons. The molecule has 1 atom stereocenters. The number of nitrogens with zero attached hydrogens (tertiary/aromatic N) is 3. The second kappa shape index (κ2) is 6.03. The van der Waals surface area contributed by atoms with Crippen LogP contribution < -0.4 is 10.6 Å². The van der Waals surface area contributed by atoms with E-state index in [9.17, 15) is 17.2 Å². The van der Waals surface area contributed by atoms with Crippen molar-refractivity contribution in [3.05, 3.63) is 36.0 Å². The van der Waals surface area contributed by atoms with E-state index in [0.29, 0.717) is 12.1 Å². The molecule has 1 saturated heterocycles. The van der Waals surface area contributed by atoms with Crippen molar-refractivity contribution in [2.24, 2.45) is 0 Å². The van der Waals surface area contributed by atoms with Crippen molar-refractivity contribution in [2.75, 3.05) is 22.1 Å². The first-order chi connectivity index (χ1) is 10.9. The summed E-state index contributed by atoms with van der Waals surface area (Å²) in [6, 6.07) is 3.08. The second-order valence-electron chi connectivity index (χ2n) is 5.16. The molecule has 23 heavy (non-hydrogen) atoms. The van der Waals surface area contributed by atoms with Gasteiger partial charge in [0.1, 0.15) is 0 Å². The van der Waals surface area contributed by atoms with E-state index >= 15 is 0 Å². The minimum absolute atomic E-state index is 0.0250. The van der Waals surface area contributed by atoms with E-state index in [4.69, 9.17) is 0 Å². The fourth-order valence-corrected chi connectivity index (χ4v) is 3.91. The van der Waals surface area contributed by atoms with Crippen molar-refractivity contribution in [3.8, 4) is 0 Å². The molecule has 0 amide bonds. The van der Waals surface area contributed by atoms with Crippen LogP contribution in [0.3, 0.4) is 0 Å². The van der Waals surface area contributed by atoms with Crippen molar-refractivity contribution in [3.63, 3.8) is 0 Å². The number of hydrogen-bond donors (Lipinski definition) is 2. The summed E-state index contributed by atoms with van der Waals surface area (Å²) < 4.78 is 48.9. The molecule has 1 unspecified atom stereocenters. The lowest BCUT2D eigenvalue weighted by Gasteiger charge is -2.11. The number of aromatic nitrogens is 3. The summed E-state index contributed by atoms with van der Waals surface area (Å²) in [4.78, 5) is 4.12. The Morgan fingerprint density at radius 2 is 2.04 bits per heavy atom. The van der Waals surface area contributed by atoms with Gasteiger partial charge in [-0.2, -0.15) is 10.1 Å². The first-order valence-electron chi connectivity index (χ1n) is 6.80. The predicted octanol–water partition coefficient (Wildman–Crippen LogP) is 1.49. The molecule has 0 aliphatic carbocycles. The maximum absolute atomic E-state index is 13.2. The summed E-state index contributed by atoms with van der Waals surface area (Å²) in [6.45, 7) is 0. The Balaban J connectivity index is 1.71. The fourth-order valence-electron chi connectivity index (χ4n) is 2.24. The highest BCUT2D eigenvalue weighted by Gasteiger charge is 2.28. The number of hydrogen-bond acceptors (Lipinski definition) is 7. The number of rotatable bonds is 4. The van der Waals surface area contributed by atoms with Gasteiger partial charge in [0.2, 0.25) is 5.95 Å². The van der Waals surface area contributed by atoms with Crippen molar-refractivity contribution >= 4 is 27.3 Å². The molecule has 7 nitrogen and oxygen atoms in total. The van der Waals surface area contributed by atoms with Crippen molar-refractivity contribution in [2.45, 2.75) is 12.5 Å². The number of halogens is 2. The lowest BCUT2D eigenvalue weighted by atomic mass is 10.3. The number of nitrogens with one attached hydrogen (secondary N) is 2. The van der Waals surface area contributed by atoms with E-state index in [1.165, 1.54) is 12.3 Å². The quantitative estimate of drug-likeness (QED) is 0.869. The van der Waals surface area contributed by atoms with Crippen LogP contribution in [0.1, 0.15) is 6.42 Å². The van der Waals surface area contributed by atoms with Crippen LogP contribution in [0.2, 0.25) is 0 Å². The third-order valence-corrected chi connectivity index (χ3v) is 5.08. The van der Waals surface area contributed by atoms with Crippen LogP contribution in [0.15, 0.2) is 24.4 Å². The molecule has 10 heteroatoms. The zero-order valence-electron chi connectivity index (χ0n) is 11.8. The highest BCUT2D eigenvalue weighted by Crippen LogP contribution is 2.19. The largest absolute Gasteiger partial charge is 0.349 e. The minimum atomic E-state index is -3.01. The van der Waals surface area contributed by atoms with Crippen LogP contribution >= 0.6 is 0 Å². The van der Waals surface area contributed by atoms with Crippen molar-refractivity contribution in [1.29, 1.82) is 0 Å². The number of sulfone groups is 1. The van der Waals surface area contributed by atoms with Gasteiger partial charge in [0, 0.05) is 17.8 Å². The summed E-state index contributed by atoms with van der Waals surface area (Å²) in [7, 11) is -3.01. The van der Waals surface area contributed by atoms with Gasteiger partial charge in [-0.3, -0.25) is 0 Å². The fraction of sp³-hybridized carbons (Fsp3) is 0.308. The first-order valence-corrected chi connectivity index (χ1v) is 8.62. The lowest BCUT2D eigenvalue weighted by molar-refractivity contribution is 0.509. The van der Waals surface area contributed by atoms with Crippen LogP contribution in [0.4, 0.5) is 26.2 Å². The molecule has 1 aliphatic rings. The van der Waals surface area contributed by atoms with Gasteiger partial charge in [0.15, 0.2) is 27.3 Å². The lowest BCUT2D eigenvalue weighted by Crippen LogP contribution is -2.22. The van der Waals surface area contributed by atoms with E-state index in [2.05, 4.69) is 25.8 Å². The summed E-state index contributed by atoms with van der Waals surface area (Å²) in [6.07, 6.45) is 1.80. The van der Waals surface area contributed by atoms with Gasteiger partial charge in [0.25, 0.3) is 0 Å². The topological polar surface area (TPSA) is 96.9 Å². The Bertz CT molecular complexity index is 831. The molecular formula is C13H13F2N5O2S. The molecule has 3 rings (SSSR count). The highest BCUT2D eigenvalue weighted by atomic mass is 32.2. The van der Waals surface area contributed by atoms with Crippen LogP contribution in [0, 0.1) is 11.6 Å². The van der Waals surface area contributed by atoms with E-state index in [1.54, 1.807) is 0 Å². The molecule has 122 valence electrons. The van der Waals surface area contributed by atoms with Gasteiger partial charge >= 0.3 is 0 Å². The average molecular weight is 341 g/mol. The molecule has 2 N–H and O–H groups in total. The average Bonchev–Trinajstić information content (AvgIpc) is 2.82. The Labute approximate surface area is 131 Å². The molecule has 1 fully saturated rings. The summed E-state index contributed by atoms with van der Waals surface area (Å²) in [5.74, 6) is -1.33. The number of benzene rings is 1. The monoisotopic (exact) mass is 341 g/mol. The number of anilines is 3. The zero-order valence-corrected chi connectivity index (χ0v) is 12.6. The maximum Gasteiger partial charge on any atom is 0.244 e. The van der Waals surface area contributed by atoms with Crippen molar-refractivity contribution in [1.82, 2.24) is 15.2 Å². The van der Waals surface area contributed by atoms with Crippen LogP contribution in [-0.4, -0.2) is 41.1 Å². The Morgan fingerprint density at radius 1 is 1.22 bits per heavy atom. The molecule has 0 saturated carbocycles. The SMILES string of the molecule is O=S1(=O)CCC(Nc2nncc(Nc3ccc(F)c(F)c3)n2)C1. The Morgan fingerprint density at radius 3 is 2.74 bits per heavy atom. The van der Waals surface area contributed by atoms with Gasteiger partial charge in [-0.05, 0) is 18.6 Å². The van der Waals surface area contributed by atoms with E-state index in [0.717, 1.165) is 12.1 Å². The molecule has 0 bridgehead atoms. The van der Waals surface area contributed by atoms with E-state index in [-0.39, 0.29) is 29.3 Å². The van der Waals surface area contributed by atoms with Crippen LogP contribution in [-0.2, 0) is 9.84 Å². The molecule has 2 heterocycles. The second-order valence-corrected chi connectivity index (χ2v) is 7.39. The summed E-state index contributed by atoms with van der Waals surface area (Å²) >= 11 is 0. The maximum atomic E-state index is 13.2. The van der Waals surface area contributed by atoms with Gasteiger partial charge in [0.05, 0.1) is 17.7 Å². The third kappa shape index (κ3) is 3.89. The molecular weight excluding hydrogens is 328 g/mol. The highest BCUT2D eigenvalue weighted by molar-refractivity contribution is 7.91. The summed E-state index contributed by atoms with van der Waals surface area (Å²) in [5.41, 5.74) is 0.304. The van der Waals surface area contributed by atoms with Crippen LogP contribution in [0.5, 0.6) is 0 Å².